The van der Waals surface area contributed by atoms with Gasteiger partial charge in [-0.15, -0.1) is 6.61 Å². The minimum absolute atomic E-state index is 0.0464. The first-order chi connectivity index (χ1) is 14.8. The average molecular weight is 426 g/mol. The predicted octanol–water partition coefficient (Wildman–Crippen LogP) is -0.732. The van der Waals surface area contributed by atoms with Crippen molar-refractivity contribution in [2.75, 3.05) is 26.3 Å². The lowest BCUT2D eigenvalue weighted by Gasteiger charge is -2.49. The molecule has 2 aromatic rings. The highest BCUT2D eigenvalue weighted by Gasteiger charge is 2.41. The van der Waals surface area contributed by atoms with Crippen molar-refractivity contribution in [3.05, 3.63) is 46.5 Å². The fraction of sp³-hybridized carbons (Fsp3) is 0.409. The van der Waals surface area contributed by atoms with E-state index in [1.165, 1.54) is 24.3 Å². The summed E-state index contributed by atoms with van der Waals surface area (Å²) in [5, 5.41) is 43.9. The number of aliphatic hydroxyl groups is 2. The second-order valence-electron chi connectivity index (χ2n) is 7.74. The molecule has 9 nitrogen and oxygen atoms in total. The SMILES string of the molecule is O=C1c2ccc3c4c(ccc(c24)C(=O)N1CCCC[O-])C([O-])(O)N(CCCCO)C3=O. The van der Waals surface area contributed by atoms with E-state index in [0.717, 1.165) is 9.80 Å². The maximum absolute atomic E-state index is 13.2. The van der Waals surface area contributed by atoms with Crippen LogP contribution in [0.3, 0.4) is 0 Å². The van der Waals surface area contributed by atoms with Gasteiger partial charge in [-0.3, -0.25) is 19.3 Å². The Bertz CT molecular complexity index is 1060. The summed E-state index contributed by atoms with van der Waals surface area (Å²) >= 11 is 0. The Morgan fingerprint density at radius 1 is 0.806 bits per heavy atom. The van der Waals surface area contributed by atoms with Crippen LogP contribution in [0.5, 0.6) is 0 Å². The highest BCUT2D eigenvalue weighted by atomic mass is 16.5. The Labute approximate surface area is 178 Å². The number of nitrogens with zero attached hydrogens (tertiary/aromatic N) is 2. The van der Waals surface area contributed by atoms with E-state index in [9.17, 15) is 29.7 Å². The van der Waals surface area contributed by atoms with Crippen molar-refractivity contribution >= 4 is 28.5 Å². The fourth-order valence-electron chi connectivity index (χ4n) is 4.32. The first-order valence-corrected chi connectivity index (χ1v) is 10.2. The monoisotopic (exact) mass is 426 g/mol. The summed E-state index contributed by atoms with van der Waals surface area (Å²) in [5.74, 6) is -4.67. The average Bonchev–Trinajstić information content (AvgIpc) is 2.75. The molecule has 2 N–H and O–H groups in total. The van der Waals surface area contributed by atoms with Crippen molar-refractivity contribution in [2.45, 2.75) is 31.6 Å². The van der Waals surface area contributed by atoms with Gasteiger partial charge in [-0.2, -0.15) is 0 Å². The quantitative estimate of drug-likeness (QED) is 0.322. The van der Waals surface area contributed by atoms with Gasteiger partial charge in [-0.25, -0.2) is 0 Å². The Kier molecular flexibility index (Phi) is 5.52. The molecule has 0 saturated heterocycles. The molecule has 1 unspecified atom stereocenters. The molecule has 0 fully saturated rings. The smallest absolute Gasteiger partial charge is 0.261 e. The van der Waals surface area contributed by atoms with Gasteiger partial charge in [0.15, 0.2) is 0 Å². The lowest BCUT2D eigenvalue weighted by atomic mass is 9.84. The van der Waals surface area contributed by atoms with E-state index in [1.54, 1.807) is 0 Å². The van der Waals surface area contributed by atoms with Crippen molar-refractivity contribution < 1.29 is 34.8 Å². The van der Waals surface area contributed by atoms with E-state index in [1.807, 2.05) is 0 Å². The molecule has 2 aliphatic rings. The molecule has 1 atom stereocenters. The Hall–Kier alpha value is -2.85. The van der Waals surface area contributed by atoms with Crippen LogP contribution >= 0.6 is 0 Å². The number of rotatable bonds is 8. The van der Waals surface area contributed by atoms with E-state index >= 15 is 0 Å². The number of hydrogen-bond acceptors (Lipinski definition) is 7. The van der Waals surface area contributed by atoms with E-state index in [2.05, 4.69) is 0 Å². The van der Waals surface area contributed by atoms with Gasteiger partial charge in [0.2, 0.25) is 0 Å². The van der Waals surface area contributed by atoms with Gasteiger partial charge in [-0.05, 0) is 43.0 Å². The van der Waals surface area contributed by atoms with Crippen LogP contribution in [0, 0.1) is 0 Å². The molecule has 0 aromatic heterocycles. The maximum Gasteiger partial charge on any atom is 0.261 e. The molecule has 0 spiro atoms. The third kappa shape index (κ3) is 3.21. The zero-order chi connectivity index (χ0) is 22.3. The molecule has 2 heterocycles. The number of hydrogen-bond donors (Lipinski definition) is 2. The zero-order valence-corrected chi connectivity index (χ0v) is 16.8. The second kappa shape index (κ2) is 8.01. The summed E-state index contributed by atoms with van der Waals surface area (Å²) in [6, 6.07) is 5.61. The summed E-state index contributed by atoms with van der Waals surface area (Å²) in [7, 11) is 0. The molecule has 0 saturated carbocycles. The van der Waals surface area contributed by atoms with Crippen LogP contribution in [-0.2, 0) is 5.91 Å². The van der Waals surface area contributed by atoms with Crippen LogP contribution in [-0.4, -0.2) is 64.0 Å². The van der Waals surface area contributed by atoms with Crippen LogP contribution < -0.4 is 10.2 Å². The zero-order valence-electron chi connectivity index (χ0n) is 16.8. The lowest BCUT2D eigenvalue weighted by Crippen LogP contribution is -2.60. The minimum Gasteiger partial charge on any atom is -0.854 e. The molecular weight excluding hydrogens is 404 g/mol. The van der Waals surface area contributed by atoms with Crippen molar-refractivity contribution in [3.63, 3.8) is 0 Å². The summed E-state index contributed by atoms with van der Waals surface area (Å²) in [6.07, 6.45) is 1.42. The number of carbonyl (C=O) groups is 3. The predicted molar refractivity (Wildman–Crippen MR) is 105 cm³/mol. The first kappa shape index (κ1) is 21.4. The number of aliphatic hydroxyl groups excluding tert-OH is 1. The van der Waals surface area contributed by atoms with Gasteiger partial charge < -0.3 is 25.3 Å². The molecule has 2 aromatic carbocycles. The Morgan fingerprint density at radius 2 is 1.39 bits per heavy atom. The summed E-state index contributed by atoms with van der Waals surface area (Å²) in [4.78, 5) is 40.9. The van der Waals surface area contributed by atoms with Gasteiger partial charge in [0.05, 0.1) is 5.91 Å². The molecular formula is C22H22N2O7-2. The van der Waals surface area contributed by atoms with Crippen molar-refractivity contribution in [1.82, 2.24) is 9.80 Å². The van der Waals surface area contributed by atoms with Gasteiger partial charge in [0, 0.05) is 47.2 Å². The third-order valence-corrected chi connectivity index (χ3v) is 5.87. The molecule has 164 valence electrons. The molecule has 4 rings (SSSR count). The number of imide groups is 1. The second-order valence-corrected chi connectivity index (χ2v) is 7.74. The molecule has 31 heavy (non-hydrogen) atoms. The van der Waals surface area contributed by atoms with Crippen molar-refractivity contribution in [1.29, 1.82) is 0 Å². The highest BCUT2D eigenvalue weighted by molar-refractivity contribution is 6.28. The third-order valence-electron chi connectivity index (χ3n) is 5.87. The van der Waals surface area contributed by atoms with Crippen LogP contribution in [0.2, 0.25) is 0 Å². The molecule has 3 amide bonds. The summed E-state index contributed by atoms with van der Waals surface area (Å²) < 4.78 is 0. The number of unbranched alkanes of at least 4 members (excludes halogenated alkanes) is 2. The lowest BCUT2D eigenvalue weighted by molar-refractivity contribution is -0.596. The van der Waals surface area contributed by atoms with Crippen LogP contribution in [0.1, 0.15) is 62.3 Å². The van der Waals surface area contributed by atoms with E-state index in [-0.39, 0.29) is 59.3 Å². The number of amides is 3. The number of carbonyl (C=O) groups excluding carboxylic acids is 3. The Morgan fingerprint density at radius 3 is 2.00 bits per heavy atom. The van der Waals surface area contributed by atoms with E-state index in [0.29, 0.717) is 25.7 Å². The van der Waals surface area contributed by atoms with Gasteiger partial charge in [0.25, 0.3) is 17.7 Å². The van der Waals surface area contributed by atoms with Crippen molar-refractivity contribution in [3.8, 4) is 0 Å². The largest absolute Gasteiger partial charge is 0.854 e. The number of benzene rings is 2. The normalized spacial score (nSPS) is 20.2. The van der Waals surface area contributed by atoms with Crippen LogP contribution in [0.15, 0.2) is 24.3 Å². The van der Waals surface area contributed by atoms with E-state index < -0.39 is 23.6 Å². The van der Waals surface area contributed by atoms with Gasteiger partial charge >= 0.3 is 0 Å². The highest BCUT2D eigenvalue weighted by Crippen LogP contribution is 2.41. The Balaban J connectivity index is 1.84. The first-order valence-electron chi connectivity index (χ1n) is 10.2. The molecule has 2 aliphatic heterocycles. The maximum atomic E-state index is 13.2. The van der Waals surface area contributed by atoms with Crippen LogP contribution in [0.4, 0.5) is 0 Å². The molecule has 0 aliphatic carbocycles. The summed E-state index contributed by atoms with van der Waals surface area (Å²) in [6.45, 7) is -0.343. The van der Waals surface area contributed by atoms with Gasteiger partial charge in [-0.1, -0.05) is 12.5 Å². The minimum atomic E-state index is -2.87. The van der Waals surface area contributed by atoms with Gasteiger partial charge in [0.1, 0.15) is 0 Å². The topological polar surface area (TPSA) is 144 Å². The summed E-state index contributed by atoms with van der Waals surface area (Å²) in [5.41, 5.74) is 0.400. The standard InChI is InChI=1S/C22H22N2O7/c25-11-3-1-9-23-19(27)13-5-6-15-18-16(8-7-14(17(13)18)20(23)28)22(30,31)24(21(15)29)10-2-4-12-26/h5-8,26,30H,1-4,9-12H2/q-2. The molecule has 9 heteroatoms. The van der Waals surface area contributed by atoms with E-state index in [4.69, 9.17) is 5.11 Å². The van der Waals surface area contributed by atoms with Crippen LogP contribution in [0.25, 0.3) is 10.8 Å². The fourth-order valence-corrected chi connectivity index (χ4v) is 4.32. The molecule has 0 bridgehead atoms. The van der Waals surface area contributed by atoms with Crippen molar-refractivity contribution in [2.24, 2.45) is 0 Å². The molecule has 0 radical (unpaired) electrons.